The molecule has 0 radical (unpaired) electrons. The second-order valence-corrected chi connectivity index (χ2v) is 7.11. The number of nitrogens with one attached hydrogen (secondary N) is 1. The maximum absolute atomic E-state index is 12.3. The fraction of sp³-hybridized carbons (Fsp3) is 0.188. The Morgan fingerprint density at radius 3 is 2.96 bits per heavy atom. The minimum atomic E-state index is -0.519. The van der Waals surface area contributed by atoms with Gasteiger partial charge < -0.3 is 10.1 Å². The van der Waals surface area contributed by atoms with E-state index in [1.807, 2.05) is 11.4 Å². The highest BCUT2D eigenvalue weighted by Gasteiger charge is 2.18. The van der Waals surface area contributed by atoms with Crippen LogP contribution in [0, 0.1) is 17.0 Å². The molecule has 0 aliphatic rings. The minimum Gasteiger partial charge on any atom is -0.490 e. The Morgan fingerprint density at radius 2 is 2.23 bits per heavy atom. The van der Waals surface area contributed by atoms with Crippen molar-refractivity contribution in [2.75, 3.05) is 18.2 Å². The van der Waals surface area contributed by atoms with Crippen molar-refractivity contribution < 1.29 is 14.5 Å². The first-order valence-corrected chi connectivity index (χ1v) is 9.30. The van der Waals surface area contributed by atoms with Crippen molar-refractivity contribution in [3.8, 4) is 5.75 Å². The highest BCUT2D eigenvalue weighted by molar-refractivity contribution is 8.00. The van der Waals surface area contributed by atoms with Crippen LogP contribution in [0.5, 0.6) is 5.75 Å². The van der Waals surface area contributed by atoms with Crippen LogP contribution in [-0.2, 0) is 4.79 Å². The maximum atomic E-state index is 12.3. The van der Waals surface area contributed by atoms with E-state index >= 15 is 0 Å². The molecule has 0 fully saturated rings. The Labute approximate surface area is 156 Å². The van der Waals surface area contributed by atoms with Crippen LogP contribution in [0.1, 0.15) is 5.56 Å². The Kier molecular flexibility index (Phi) is 5.33. The maximum Gasteiger partial charge on any atom is 0.311 e. The fourth-order valence-corrected chi connectivity index (χ4v) is 3.90. The number of ether oxygens (including phenoxy) is 1. The minimum absolute atomic E-state index is 0.0966. The average Bonchev–Trinajstić information content (AvgIpc) is 3.10. The van der Waals surface area contributed by atoms with Crippen molar-refractivity contribution in [3.05, 3.63) is 45.6 Å². The summed E-state index contributed by atoms with van der Waals surface area (Å²) in [5.74, 6) is 0.0103. The van der Waals surface area contributed by atoms with Crippen molar-refractivity contribution in [2.24, 2.45) is 0 Å². The molecule has 0 aliphatic heterocycles. The van der Waals surface area contributed by atoms with E-state index in [-0.39, 0.29) is 23.1 Å². The van der Waals surface area contributed by atoms with E-state index in [1.165, 1.54) is 48.7 Å². The summed E-state index contributed by atoms with van der Waals surface area (Å²) in [6, 6.07) is 4.75. The third-order valence-electron chi connectivity index (χ3n) is 3.56. The summed E-state index contributed by atoms with van der Waals surface area (Å²) in [5.41, 5.74) is 0.915. The number of hydrogen-bond donors (Lipinski definition) is 1. The number of carbonyl (C=O) groups is 1. The molecule has 3 aromatic rings. The van der Waals surface area contributed by atoms with Gasteiger partial charge in [0.2, 0.25) is 5.91 Å². The smallest absolute Gasteiger partial charge is 0.311 e. The number of thiophene rings is 1. The molecule has 0 saturated heterocycles. The Balaban J connectivity index is 1.72. The molecule has 26 heavy (non-hydrogen) atoms. The van der Waals surface area contributed by atoms with Crippen LogP contribution in [0.25, 0.3) is 10.2 Å². The summed E-state index contributed by atoms with van der Waals surface area (Å²) in [5, 5.41) is 17.4. The lowest BCUT2D eigenvalue weighted by molar-refractivity contribution is -0.385. The Morgan fingerprint density at radius 1 is 1.42 bits per heavy atom. The molecule has 2 aromatic heterocycles. The standard InChI is InChI=1S/C16H14N4O4S2/c1-9-5-12(20(22)23)13(24-2)6-11(9)19-14(21)7-26-16-10-3-4-25-15(10)17-8-18-16/h3-6,8H,7H2,1-2H3,(H,19,21). The molecule has 2 heterocycles. The predicted molar refractivity (Wildman–Crippen MR) is 101 cm³/mol. The highest BCUT2D eigenvalue weighted by atomic mass is 32.2. The molecule has 8 nitrogen and oxygen atoms in total. The van der Waals surface area contributed by atoms with Gasteiger partial charge in [-0.3, -0.25) is 14.9 Å². The third kappa shape index (κ3) is 3.75. The molecule has 0 bridgehead atoms. The van der Waals surface area contributed by atoms with E-state index < -0.39 is 4.92 Å². The lowest BCUT2D eigenvalue weighted by Gasteiger charge is -2.10. The molecule has 0 saturated carbocycles. The fourth-order valence-electron chi connectivity index (χ4n) is 2.32. The molecule has 10 heteroatoms. The van der Waals surface area contributed by atoms with E-state index in [4.69, 9.17) is 4.74 Å². The number of nitro benzene ring substituents is 1. The van der Waals surface area contributed by atoms with Gasteiger partial charge in [-0.1, -0.05) is 11.8 Å². The molecule has 0 aliphatic carbocycles. The van der Waals surface area contributed by atoms with Crippen LogP contribution >= 0.6 is 23.1 Å². The van der Waals surface area contributed by atoms with Gasteiger partial charge >= 0.3 is 5.69 Å². The first-order chi connectivity index (χ1) is 12.5. The van der Waals surface area contributed by atoms with E-state index in [2.05, 4.69) is 15.3 Å². The normalized spacial score (nSPS) is 10.7. The zero-order valence-electron chi connectivity index (χ0n) is 13.9. The van der Waals surface area contributed by atoms with Crippen molar-refractivity contribution in [1.82, 2.24) is 9.97 Å². The summed E-state index contributed by atoms with van der Waals surface area (Å²) < 4.78 is 5.04. The number of carbonyl (C=O) groups excluding carboxylic acids is 1. The van der Waals surface area contributed by atoms with Crippen molar-refractivity contribution in [2.45, 2.75) is 11.9 Å². The summed E-state index contributed by atoms with van der Waals surface area (Å²) in [6.45, 7) is 1.69. The number of nitrogens with zero attached hydrogens (tertiary/aromatic N) is 3. The molecule has 0 unspecified atom stereocenters. The Bertz CT molecular complexity index is 990. The SMILES string of the molecule is COc1cc(NC(=O)CSc2ncnc3sccc23)c(C)cc1[N+](=O)[O-]. The van der Waals surface area contributed by atoms with E-state index in [0.29, 0.717) is 11.3 Å². The largest absolute Gasteiger partial charge is 0.490 e. The van der Waals surface area contributed by atoms with Crippen LogP contribution in [0.4, 0.5) is 11.4 Å². The number of aromatic nitrogens is 2. The topological polar surface area (TPSA) is 107 Å². The van der Waals surface area contributed by atoms with E-state index in [0.717, 1.165) is 15.2 Å². The molecule has 0 atom stereocenters. The van der Waals surface area contributed by atoms with Gasteiger partial charge in [0.1, 0.15) is 16.2 Å². The number of methoxy groups -OCH3 is 1. The average molecular weight is 390 g/mol. The predicted octanol–water partition coefficient (Wildman–Crippen LogP) is 3.65. The number of thioether (sulfide) groups is 1. The highest BCUT2D eigenvalue weighted by Crippen LogP contribution is 2.33. The molecule has 1 N–H and O–H groups in total. The van der Waals surface area contributed by atoms with Gasteiger partial charge in [-0.15, -0.1) is 11.3 Å². The van der Waals surface area contributed by atoms with Gasteiger partial charge in [0, 0.05) is 23.2 Å². The lowest BCUT2D eigenvalue weighted by atomic mass is 10.1. The number of amides is 1. The van der Waals surface area contributed by atoms with Crippen LogP contribution in [-0.4, -0.2) is 33.7 Å². The van der Waals surface area contributed by atoms with Gasteiger partial charge in [0.05, 0.1) is 17.8 Å². The summed E-state index contributed by atoms with van der Waals surface area (Å²) in [7, 11) is 1.35. The number of hydrogen-bond acceptors (Lipinski definition) is 8. The zero-order chi connectivity index (χ0) is 18.7. The van der Waals surface area contributed by atoms with Gasteiger partial charge in [0.15, 0.2) is 5.75 Å². The van der Waals surface area contributed by atoms with Crippen LogP contribution < -0.4 is 10.1 Å². The van der Waals surface area contributed by atoms with Gasteiger partial charge in [-0.2, -0.15) is 0 Å². The summed E-state index contributed by atoms with van der Waals surface area (Å²) in [4.78, 5) is 32.1. The molecule has 1 aromatic carbocycles. The lowest BCUT2D eigenvalue weighted by Crippen LogP contribution is -2.15. The van der Waals surface area contributed by atoms with Gasteiger partial charge in [-0.05, 0) is 23.9 Å². The second kappa shape index (κ2) is 7.67. The zero-order valence-corrected chi connectivity index (χ0v) is 15.5. The number of nitro groups is 1. The van der Waals surface area contributed by atoms with Crippen LogP contribution in [0.2, 0.25) is 0 Å². The molecular formula is C16H14N4O4S2. The third-order valence-corrected chi connectivity index (χ3v) is 5.39. The molecular weight excluding hydrogens is 376 g/mol. The van der Waals surface area contributed by atoms with Gasteiger partial charge in [0.25, 0.3) is 0 Å². The quantitative estimate of drug-likeness (QED) is 0.296. The van der Waals surface area contributed by atoms with Crippen molar-refractivity contribution >= 4 is 50.6 Å². The number of benzene rings is 1. The first-order valence-electron chi connectivity index (χ1n) is 7.43. The van der Waals surface area contributed by atoms with Crippen LogP contribution in [0.3, 0.4) is 0 Å². The van der Waals surface area contributed by atoms with Gasteiger partial charge in [-0.25, -0.2) is 9.97 Å². The number of anilines is 1. The Hall–Kier alpha value is -2.72. The number of aryl methyl sites for hydroxylation is 1. The molecule has 3 rings (SSSR count). The molecule has 0 spiro atoms. The van der Waals surface area contributed by atoms with E-state index in [9.17, 15) is 14.9 Å². The second-order valence-electron chi connectivity index (χ2n) is 5.25. The van der Waals surface area contributed by atoms with Crippen molar-refractivity contribution in [3.63, 3.8) is 0 Å². The van der Waals surface area contributed by atoms with E-state index in [1.54, 1.807) is 6.92 Å². The molecule has 134 valence electrons. The first kappa shape index (κ1) is 18.1. The monoisotopic (exact) mass is 390 g/mol. The number of rotatable bonds is 6. The summed E-state index contributed by atoms with van der Waals surface area (Å²) in [6.07, 6.45) is 1.48. The number of fused-ring (bicyclic) bond motifs is 1. The van der Waals surface area contributed by atoms with Crippen LogP contribution in [0.15, 0.2) is 34.9 Å². The summed E-state index contributed by atoms with van der Waals surface area (Å²) >= 11 is 2.82. The van der Waals surface area contributed by atoms with Crippen molar-refractivity contribution in [1.29, 1.82) is 0 Å². The molecule has 1 amide bonds.